The van der Waals surface area contributed by atoms with Gasteiger partial charge in [-0.3, -0.25) is 10.4 Å². The average molecular weight is 280 g/mol. The van der Waals surface area contributed by atoms with Crippen molar-refractivity contribution in [3.8, 4) is 0 Å². The van der Waals surface area contributed by atoms with Crippen molar-refractivity contribution in [3.05, 3.63) is 57.8 Å². The van der Waals surface area contributed by atoms with Crippen LogP contribution in [0.2, 0.25) is 10.0 Å². The van der Waals surface area contributed by atoms with Gasteiger partial charge in [0, 0.05) is 17.4 Å². The van der Waals surface area contributed by atoms with Gasteiger partial charge in [0.1, 0.15) is 0 Å². The lowest BCUT2D eigenvalue weighted by atomic mass is 10.2. The highest BCUT2D eigenvalue weighted by atomic mass is 35.5. The van der Waals surface area contributed by atoms with Gasteiger partial charge in [-0.05, 0) is 42.3 Å². The number of aromatic nitrogens is 1. The van der Waals surface area contributed by atoms with Crippen molar-refractivity contribution in [2.45, 2.75) is 6.92 Å². The standard InChI is InChI=1S/C13H11Cl2N3/c1-9-6-11(14)7-12(15)13(9)18-17-8-10-2-4-16-5-3-10/h2-8,18H,1H3/b17-8+. The maximum atomic E-state index is 6.09. The maximum absolute atomic E-state index is 6.09. The number of hydrogen-bond acceptors (Lipinski definition) is 3. The Balaban J connectivity index is 2.14. The zero-order valence-electron chi connectivity index (χ0n) is 9.69. The number of anilines is 1. The first-order valence-electron chi connectivity index (χ1n) is 5.31. The van der Waals surface area contributed by atoms with Crippen molar-refractivity contribution in [2.24, 2.45) is 5.10 Å². The number of nitrogens with zero attached hydrogens (tertiary/aromatic N) is 2. The zero-order chi connectivity index (χ0) is 13.0. The lowest BCUT2D eigenvalue weighted by Gasteiger charge is -2.07. The van der Waals surface area contributed by atoms with E-state index in [4.69, 9.17) is 23.2 Å². The number of halogens is 2. The molecule has 0 aliphatic carbocycles. The van der Waals surface area contributed by atoms with Crippen molar-refractivity contribution >= 4 is 35.1 Å². The molecule has 0 fully saturated rings. The predicted molar refractivity (Wildman–Crippen MR) is 76.7 cm³/mol. The normalized spacial score (nSPS) is 10.8. The summed E-state index contributed by atoms with van der Waals surface area (Å²) < 4.78 is 0. The summed E-state index contributed by atoms with van der Waals surface area (Å²) in [6.45, 7) is 1.92. The Morgan fingerprint density at radius 3 is 2.61 bits per heavy atom. The molecule has 2 rings (SSSR count). The molecule has 0 bridgehead atoms. The van der Waals surface area contributed by atoms with E-state index >= 15 is 0 Å². The SMILES string of the molecule is Cc1cc(Cl)cc(Cl)c1N/N=C/c1ccncc1. The Hall–Kier alpha value is -1.58. The second-order valence-corrected chi connectivity index (χ2v) is 4.57. The first-order chi connectivity index (χ1) is 8.66. The molecule has 0 amide bonds. The second-order valence-electron chi connectivity index (χ2n) is 3.73. The Bertz CT molecular complexity index is 545. The molecular formula is C13H11Cl2N3. The Morgan fingerprint density at radius 1 is 1.22 bits per heavy atom. The third kappa shape index (κ3) is 3.22. The molecule has 0 aliphatic rings. The Morgan fingerprint density at radius 2 is 1.94 bits per heavy atom. The molecule has 92 valence electrons. The summed E-state index contributed by atoms with van der Waals surface area (Å²) in [6, 6.07) is 7.24. The molecule has 0 saturated carbocycles. The van der Waals surface area contributed by atoms with Gasteiger partial charge in [0.15, 0.2) is 0 Å². The van der Waals surface area contributed by atoms with Gasteiger partial charge in [0.05, 0.1) is 16.9 Å². The fourth-order valence-electron chi connectivity index (χ4n) is 1.46. The third-order valence-electron chi connectivity index (χ3n) is 2.35. The molecule has 0 spiro atoms. The van der Waals surface area contributed by atoms with Gasteiger partial charge < -0.3 is 0 Å². The second kappa shape index (κ2) is 5.85. The van der Waals surface area contributed by atoms with Crippen molar-refractivity contribution in [1.82, 2.24) is 4.98 Å². The fraction of sp³-hybridized carbons (Fsp3) is 0.0769. The Kier molecular flexibility index (Phi) is 4.18. The van der Waals surface area contributed by atoms with Crippen LogP contribution >= 0.6 is 23.2 Å². The highest BCUT2D eigenvalue weighted by Gasteiger charge is 2.04. The van der Waals surface area contributed by atoms with Gasteiger partial charge in [0.2, 0.25) is 0 Å². The highest BCUT2D eigenvalue weighted by Crippen LogP contribution is 2.29. The van der Waals surface area contributed by atoms with Crippen molar-refractivity contribution in [1.29, 1.82) is 0 Å². The fourth-order valence-corrected chi connectivity index (χ4v) is 2.10. The first-order valence-corrected chi connectivity index (χ1v) is 6.07. The van der Waals surface area contributed by atoms with Crippen LogP contribution in [0.5, 0.6) is 0 Å². The topological polar surface area (TPSA) is 37.3 Å². The number of hydrogen-bond donors (Lipinski definition) is 1. The summed E-state index contributed by atoms with van der Waals surface area (Å²) in [5, 5.41) is 5.29. The minimum Gasteiger partial charge on any atom is -0.277 e. The molecule has 0 saturated heterocycles. The average Bonchev–Trinajstić information content (AvgIpc) is 2.34. The van der Waals surface area contributed by atoms with Crippen LogP contribution in [-0.4, -0.2) is 11.2 Å². The van der Waals surface area contributed by atoms with E-state index in [-0.39, 0.29) is 0 Å². The van der Waals surface area contributed by atoms with E-state index < -0.39 is 0 Å². The van der Waals surface area contributed by atoms with E-state index in [1.165, 1.54) is 0 Å². The number of pyridine rings is 1. The Labute approximate surface area is 115 Å². The smallest absolute Gasteiger partial charge is 0.0778 e. The number of hydrazone groups is 1. The van der Waals surface area contributed by atoms with Crippen LogP contribution in [0.4, 0.5) is 5.69 Å². The largest absolute Gasteiger partial charge is 0.277 e. The first kappa shape index (κ1) is 12.9. The van der Waals surface area contributed by atoms with Crippen LogP contribution in [0.1, 0.15) is 11.1 Å². The van der Waals surface area contributed by atoms with E-state index in [0.29, 0.717) is 10.0 Å². The molecule has 0 atom stereocenters. The van der Waals surface area contributed by atoms with Crippen LogP contribution in [0.3, 0.4) is 0 Å². The number of rotatable bonds is 3. The lowest BCUT2D eigenvalue weighted by Crippen LogP contribution is -1.94. The van der Waals surface area contributed by atoms with Gasteiger partial charge in [0.25, 0.3) is 0 Å². The molecule has 18 heavy (non-hydrogen) atoms. The van der Waals surface area contributed by atoms with Crippen LogP contribution in [0.25, 0.3) is 0 Å². The highest BCUT2D eigenvalue weighted by molar-refractivity contribution is 6.36. The molecule has 1 N–H and O–H groups in total. The van der Waals surface area contributed by atoms with Gasteiger partial charge in [-0.15, -0.1) is 0 Å². The molecule has 1 aromatic heterocycles. The summed E-state index contributed by atoms with van der Waals surface area (Å²) in [4.78, 5) is 3.93. The minimum atomic E-state index is 0.548. The number of benzene rings is 1. The van der Waals surface area contributed by atoms with Crippen LogP contribution in [-0.2, 0) is 0 Å². The van der Waals surface area contributed by atoms with Gasteiger partial charge in [-0.2, -0.15) is 5.10 Å². The van der Waals surface area contributed by atoms with E-state index in [9.17, 15) is 0 Å². The lowest BCUT2D eigenvalue weighted by molar-refractivity contribution is 1.30. The van der Waals surface area contributed by atoms with Crippen molar-refractivity contribution in [2.75, 3.05) is 5.43 Å². The van der Waals surface area contributed by atoms with E-state index in [2.05, 4.69) is 15.5 Å². The summed E-state index contributed by atoms with van der Waals surface area (Å²) in [7, 11) is 0. The number of nitrogens with one attached hydrogen (secondary N) is 1. The maximum Gasteiger partial charge on any atom is 0.0778 e. The molecule has 0 aliphatic heterocycles. The molecule has 5 heteroatoms. The minimum absolute atomic E-state index is 0.548. The van der Waals surface area contributed by atoms with Gasteiger partial charge in [-0.1, -0.05) is 23.2 Å². The monoisotopic (exact) mass is 279 g/mol. The summed E-state index contributed by atoms with van der Waals surface area (Å²) in [6.07, 6.45) is 5.12. The summed E-state index contributed by atoms with van der Waals surface area (Å²) >= 11 is 12.0. The van der Waals surface area contributed by atoms with Gasteiger partial charge in [-0.25, -0.2) is 0 Å². The predicted octanol–water partition coefficient (Wildman–Crippen LogP) is 4.14. The molecular weight excluding hydrogens is 269 g/mol. The quantitative estimate of drug-likeness (QED) is 0.677. The third-order valence-corrected chi connectivity index (χ3v) is 2.86. The van der Waals surface area contributed by atoms with Crippen LogP contribution in [0, 0.1) is 6.92 Å². The van der Waals surface area contributed by atoms with Crippen LogP contribution in [0.15, 0.2) is 41.8 Å². The van der Waals surface area contributed by atoms with Crippen molar-refractivity contribution in [3.63, 3.8) is 0 Å². The molecule has 1 aromatic carbocycles. The molecule has 3 nitrogen and oxygen atoms in total. The molecule has 2 aromatic rings. The van der Waals surface area contributed by atoms with Crippen molar-refractivity contribution < 1.29 is 0 Å². The van der Waals surface area contributed by atoms with Gasteiger partial charge >= 0.3 is 0 Å². The molecule has 0 unspecified atom stereocenters. The van der Waals surface area contributed by atoms with Crippen LogP contribution < -0.4 is 5.43 Å². The summed E-state index contributed by atoms with van der Waals surface area (Å²) in [5.74, 6) is 0. The molecule has 1 heterocycles. The van der Waals surface area contributed by atoms with E-state index in [1.54, 1.807) is 24.7 Å². The number of aryl methyl sites for hydroxylation is 1. The van der Waals surface area contributed by atoms with E-state index in [0.717, 1.165) is 16.8 Å². The zero-order valence-corrected chi connectivity index (χ0v) is 11.2. The molecule has 0 radical (unpaired) electrons. The van der Waals surface area contributed by atoms with E-state index in [1.807, 2.05) is 25.1 Å². The summed E-state index contributed by atoms with van der Waals surface area (Å²) in [5.41, 5.74) is 5.57.